The first kappa shape index (κ1) is 20.3. The number of carbonyl (C=O) groups excluding carboxylic acids is 3. The second-order valence-electron chi connectivity index (χ2n) is 6.08. The van der Waals surface area contributed by atoms with Gasteiger partial charge in [0, 0.05) is 24.1 Å². The van der Waals surface area contributed by atoms with Gasteiger partial charge in [-0.1, -0.05) is 12.1 Å². The van der Waals surface area contributed by atoms with Crippen LogP contribution in [0.2, 0.25) is 0 Å². The Morgan fingerprint density at radius 3 is 2.62 bits per heavy atom. The number of anilines is 2. The predicted octanol–water partition coefficient (Wildman–Crippen LogP) is 3.72. The van der Waals surface area contributed by atoms with Gasteiger partial charge in [-0.05, 0) is 25.1 Å². The van der Waals surface area contributed by atoms with Gasteiger partial charge in [0.15, 0.2) is 10.9 Å². The Balaban J connectivity index is 1.74. The summed E-state index contributed by atoms with van der Waals surface area (Å²) >= 11 is 1.25. The van der Waals surface area contributed by atoms with Crippen molar-refractivity contribution in [2.24, 2.45) is 0 Å². The number of rotatable bonds is 7. The van der Waals surface area contributed by atoms with E-state index in [1.54, 1.807) is 23.6 Å². The highest BCUT2D eigenvalue weighted by Crippen LogP contribution is 2.35. The molecule has 0 aliphatic carbocycles. The number of methoxy groups -OCH3 is 1. The molecule has 29 heavy (non-hydrogen) atoms. The molecular formula is C20H19N3O5S. The number of para-hydroxylation sites is 2. The standard InChI is InChI=1S/C20H19N3O5S/c1-12(24)14-8-16(21-9-14)19(26)28-10-15-11-29-20(22-15)23(13(2)25)17-6-4-5-7-18(17)27-3/h4-9,11,21H,10H2,1-3H3. The summed E-state index contributed by atoms with van der Waals surface area (Å²) in [6, 6.07) is 8.57. The first-order valence-corrected chi connectivity index (χ1v) is 9.53. The summed E-state index contributed by atoms with van der Waals surface area (Å²) in [4.78, 5) is 44.3. The lowest BCUT2D eigenvalue weighted by Gasteiger charge is -2.20. The summed E-state index contributed by atoms with van der Waals surface area (Å²) < 4.78 is 10.6. The van der Waals surface area contributed by atoms with E-state index in [0.29, 0.717) is 27.8 Å². The van der Waals surface area contributed by atoms with Crippen LogP contribution in [0.1, 0.15) is 40.4 Å². The van der Waals surface area contributed by atoms with Gasteiger partial charge in [0.25, 0.3) is 0 Å². The molecule has 0 saturated carbocycles. The zero-order valence-electron chi connectivity index (χ0n) is 16.1. The smallest absolute Gasteiger partial charge is 0.355 e. The van der Waals surface area contributed by atoms with Crippen LogP contribution >= 0.6 is 11.3 Å². The van der Waals surface area contributed by atoms with Crippen molar-refractivity contribution in [1.82, 2.24) is 9.97 Å². The van der Waals surface area contributed by atoms with E-state index in [-0.39, 0.29) is 24.0 Å². The van der Waals surface area contributed by atoms with Crippen molar-refractivity contribution in [2.75, 3.05) is 12.0 Å². The van der Waals surface area contributed by atoms with Crippen LogP contribution in [-0.2, 0) is 16.1 Å². The van der Waals surface area contributed by atoms with Crippen molar-refractivity contribution >= 4 is 39.8 Å². The minimum atomic E-state index is -0.597. The van der Waals surface area contributed by atoms with Crippen molar-refractivity contribution in [3.8, 4) is 5.75 Å². The third-order valence-electron chi connectivity index (χ3n) is 4.03. The van der Waals surface area contributed by atoms with Gasteiger partial charge < -0.3 is 14.5 Å². The Morgan fingerprint density at radius 1 is 1.21 bits per heavy atom. The molecule has 1 aromatic carbocycles. The number of hydrogen-bond donors (Lipinski definition) is 1. The number of ether oxygens (including phenoxy) is 2. The van der Waals surface area contributed by atoms with Crippen molar-refractivity contribution in [2.45, 2.75) is 20.5 Å². The topological polar surface area (TPSA) is 102 Å². The molecule has 0 atom stereocenters. The van der Waals surface area contributed by atoms with Gasteiger partial charge in [0.05, 0.1) is 18.5 Å². The summed E-state index contributed by atoms with van der Waals surface area (Å²) in [7, 11) is 1.53. The van der Waals surface area contributed by atoms with E-state index in [0.717, 1.165) is 0 Å². The van der Waals surface area contributed by atoms with E-state index in [4.69, 9.17) is 9.47 Å². The largest absolute Gasteiger partial charge is 0.495 e. The van der Waals surface area contributed by atoms with E-state index < -0.39 is 5.97 Å². The van der Waals surface area contributed by atoms with E-state index in [9.17, 15) is 14.4 Å². The van der Waals surface area contributed by atoms with Crippen LogP contribution in [0.25, 0.3) is 0 Å². The predicted molar refractivity (Wildman–Crippen MR) is 108 cm³/mol. The van der Waals surface area contributed by atoms with E-state index >= 15 is 0 Å². The Kier molecular flexibility index (Phi) is 6.08. The third kappa shape index (κ3) is 4.52. The zero-order chi connectivity index (χ0) is 21.0. The van der Waals surface area contributed by atoms with Crippen LogP contribution in [0.3, 0.4) is 0 Å². The van der Waals surface area contributed by atoms with Crippen LogP contribution in [0.5, 0.6) is 5.75 Å². The molecule has 2 heterocycles. The van der Waals surface area contributed by atoms with Crippen LogP contribution in [0, 0.1) is 0 Å². The van der Waals surface area contributed by atoms with Crippen molar-refractivity contribution in [3.63, 3.8) is 0 Å². The number of esters is 1. The molecule has 0 saturated heterocycles. The highest BCUT2D eigenvalue weighted by molar-refractivity contribution is 7.14. The molecule has 0 unspecified atom stereocenters. The molecule has 150 valence electrons. The Labute approximate surface area is 171 Å². The second kappa shape index (κ2) is 8.70. The maximum absolute atomic E-state index is 12.3. The van der Waals surface area contributed by atoms with Gasteiger partial charge in [0.2, 0.25) is 5.91 Å². The Morgan fingerprint density at radius 2 is 1.97 bits per heavy atom. The van der Waals surface area contributed by atoms with Crippen LogP contribution < -0.4 is 9.64 Å². The maximum Gasteiger partial charge on any atom is 0.355 e. The van der Waals surface area contributed by atoms with Gasteiger partial charge in [0.1, 0.15) is 18.1 Å². The third-order valence-corrected chi connectivity index (χ3v) is 4.91. The summed E-state index contributed by atoms with van der Waals surface area (Å²) in [5.41, 5.74) is 1.66. The molecule has 0 spiro atoms. The van der Waals surface area contributed by atoms with Crippen LogP contribution in [0.15, 0.2) is 41.9 Å². The number of nitrogens with zero attached hydrogens (tertiary/aromatic N) is 2. The Hall–Kier alpha value is -3.46. The number of aromatic amines is 1. The normalized spacial score (nSPS) is 10.4. The molecule has 0 radical (unpaired) electrons. The van der Waals surface area contributed by atoms with Crippen molar-refractivity contribution in [1.29, 1.82) is 0 Å². The number of nitrogens with one attached hydrogen (secondary N) is 1. The average Bonchev–Trinajstić information content (AvgIpc) is 3.36. The van der Waals surface area contributed by atoms with E-state index in [2.05, 4.69) is 9.97 Å². The monoisotopic (exact) mass is 413 g/mol. The first-order valence-electron chi connectivity index (χ1n) is 8.65. The van der Waals surface area contributed by atoms with Crippen LogP contribution in [-0.4, -0.2) is 34.7 Å². The summed E-state index contributed by atoms with van der Waals surface area (Å²) in [6.45, 7) is 2.78. The number of thiazole rings is 1. The average molecular weight is 413 g/mol. The van der Waals surface area contributed by atoms with Gasteiger partial charge in [-0.3, -0.25) is 14.5 Å². The number of hydrogen-bond acceptors (Lipinski definition) is 7. The number of aromatic nitrogens is 2. The summed E-state index contributed by atoms with van der Waals surface area (Å²) in [5, 5.41) is 2.15. The molecule has 0 fully saturated rings. The van der Waals surface area contributed by atoms with E-state index in [1.165, 1.54) is 49.5 Å². The lowest BCUT2D eigenvalue weighted by molar-refractivity contribution is -0.115. The van der Waals surface area contributed by atoms with Crippen molar-refractivity contribution in [3.05, 3.63) is 58.9 Å². The van der Waals surface area contributed by atoms with Gasteiger partial charge in [-0.25, -0.2) is 9.78 Å². The number of carbonyl (C=O) groups is 3. The molecule has 3 aromatic rings. The summed E-state index contributed by atoms with van der Waals surface area (Å²) in [5.74, 6) is -0.431. The number of benzene rings is 1. The minimum Gasteiger partial charge on any atom is -0.495 e. The maximum atomic E-state index is 12.3. The lowest BCUT2D eigenvalue weighted by Crippen LogP contribution is -2.23. The molecule has 1 N–H and O–H groups in total. The fourth-order valence-corrected chi connectivity index (χ4v) is 3.48. The molecule has 0 aliphatic rings. The van der Waals surface area contributed by atoms with Gasteiger partial charge in [-0.2, -0.15) is 0 Å². The fraction of sp³-hybridized carbons (Fsp3) is 0.200. The quantitative estimate of drug-likeness (QED) is 0.468. The minimum absolute atomic E-state index is 0.0680. The number of Topliss-reactive ketones (excluding diaryl/α,β-unsaturated/α-hetero) is 1. The van der Waals surface area contributed by atoms with Gasteiger partial charge in [-0.15, -0.1) is 11.3 Å². The number of amides is 1. The lowest BCUT2D eigenvalue weighted by atomic mass is 10.2. The zero-order valence-corrected chi connectivity index (χ0v) is 16.9. The van der Waals surface area contributed by atoms with Crippen LogP contribution in [0.4, 0.5) is 10.8 Å². The van der Waals surface area contributed by atoms with Crippen molar-refractivity contribution < 1.29 is 23.9 Å². The Bertz CT molecular complexity index is 1060. The SMILES string of the molecule is COc1ccccc1N(C(C)=O)c1nc(COC(=O)c2cc(C(C)=O)c[nH]2)cs1. The molecule has 8 nitrogen and oxygen atoms in total. The molecule has 0 aliphatic heterocycles. The van der Waals surface area contributed by atoms with Gasteiger partial charge >= 0.3 is 5.97 Å². The number of ketones is 1. The second-order valence-corrected chi connectivity index (χ2v) is 6.92. The molecule has 1 amide bonds. The fourth-order valence-electron chi connectivity index (χ4n) is 2.62. The molecule has 0 bridgehead atoms. The highest BCUT2D eigenvalue weighted by atomic mass is 32.1. The number of H-pyrrole nitrogens is 1. The molecular weight excluding hydrogens is 394 g/mol. The van der Waals surface area contributed by atoms with E-state index in [1.807, 2.05) is 6.07 Å². The molecule has 9 heteroatoms. The summed E-state index contributed by atoms with van der Waals surface area (Å²) in [6.07, 6.45) is 1.46. The first-order chi connectivity index (χ1) is 13.9. The molecule has 2 aromatic heterocycles. The molecule has 3 rings (SSSR count). The highest BCUT2D eigenvalue weighted by Gasteiger charge is 2.21.